The number of β-amino-alcohol motifs (C(OH)–C–C–N with tert-alkyl or cyclic N) is 1. The summed E-state index contributed by atoms with van der Waals surface area (Å²) < 4.78 is 0. The number of carbonyl (C=O) groups is 2. The Labute approximate surface area is 106 Å². The third kappa shape index (κ3) is 2.75. The van der Waals surface area contributed by atoms with Gasteiger partial charge in [0, 0.05) is 26.1 Å². The van der Waals surface area contributed by atoms with E-state index in [0.717, 1.165) is 25.7 Å². The summed E-state index contributed by atoms with van der Waals surface area (Å²) in [6.07, 6.45) is 3.60. The lowest BCUT2D eigenvalue weighted by Crippen LogP contribution is -2.48. The summed E-state index contributed by atoms with van der Waals surface area (Å²) in [7, 11) is 0. The van der Waals surface area contributed by atoms with Gasteiger partial charge < -0.3 is 20.0 Å². The summed E-state index contributed by atoms with van der Waals surface area (Å²) in [4.78, 5) is 26.4. The number of aliphatic hydroxyl groups excluding tert-OH is 1. The van der Waals surface area contributed by atoms with Gasteiger partial charge in [0.25, 0.3) is 0 Å². The Hall–Kier alpha value is -1.30. The van der Waals surface area contributed by atoms with Gasteiger partial charge in [-0.3, -0.25) is 0 Å². The van der Waals surface area contributed by atoms with Crippen molar-refractivity contribution in [2.45, 2.75) is 44.2 Å². The maximum atomic E-state index is 12.3. The van der Waals surface area contributed by atoms with Crippen molar-refractivity contribution < 1.29 is 19.8 Å². The van der Waals surface area contributed by atoms with Crippen molar-refractivity contribution in [3.05, 3.63) is 0 Å². The summed E-state index contributed by atoms with van der Waals surface area (Å²) in [5.74, 6) is -1.03. The van der Waals surface area contributed by atoms with Crippen molar-refractivity contribution in [3.63, 3.8) is 0 Å². The highest BCUT2D eigenvalue weighted by Gasteiger charge is 2.40. The van der Waals surface area contributed by atoms with Gasteiger partial charge in [0.15, 0.2) is 0 Å². The summed E-state index contributed by atoms with van der Waals surface area (Å²) in [5.41, 5.74) is 0. The summed E-state index contributed by atoms with van der Waals surface area (Å²) >= 11 is 0. The SMILES string of the molecule is O=C(O)[C@@H]1C[C@H](O)CN1C(=O)N1CCCCCC1. The minimum Gasteiger partial charge on any atom is -0.480 e. The molecule has 102 valence electrons. The fraction of sp³-hybridized carbons (Fsp3) is 0.833. The van der Waals surface area contributed by atoms with Crippen molar-refractivity contribution in [1.29, 1.82) is 0 Å². The Morgan fingerprint density at radius 3 is 2.22 bits per heavy atom. The van der Waals surface area contributed by atoms with E-state index in [1.165, 1.54) is 4.90 Å². The summed E-state index contributed by atoms with van der Waals surface area (Å²) in [5, 5.41) is 18.6. The van der Waals surface area contributed by atoms with E-state index < -0.39 is 18.1 Å². The van der Waals surface area contributed by atoms with E-state index in [1.807, 2.05) is 0 Å². The third-order valence-corrected chi connectivity index (χ3v) is 3.69. The second-order valence-corrected chi connectivity index (χ2v) is 5.08. The van der Waals surface area contributed by atoms with Crippen LogP contribution < -0.4 is 0 Å². The monoisotopic (exact) mass is 256 g/mol. The average Bonchev–Trinajstić information content (AvgIpc) is 2.56. The Morgan fingerprint density at radius 2 is 1.67 bits per heavy atom. The first-order chi connectivity index (χ1) is 8.59. The minimum atomic E-state index is -1.03. The van der Waals surface area contributed by atoms with Crippen LogP contribution in [0, 0.1) is 0 Å². The third-order valence-electron chi connectivity index (χ3n) is 3.69. The maximum absolute atomic E-state index is 12.3. The van der Waals surface area contributed by atoms with Gasteiger partial charge >= 0.3 is 12.0 Å². The van der Waals surface area contributed by atoms with Crippen molar-refractivity contribution in [3.8, 4) is 0 Å². The van der Waals surface area contributed by atoms with Gasteiger partial charge in [-0.25, -0.2) is 9.59 Å². The van der Waals surface area contributed by atoms with Crippen LogP contribution in [0.25, 0.3) is 0 Å². The molecule has 2 aliphatic heterocycles. The second-order valence-electron chi connectivity index (χ2n) is 5.08. The van der Waals surface area contributed by atoms with Crippen molar-refractivity contribution in [2.24, 2.45) is 0 Å². The lowest BCUT2D eigenvalue weighted by molar-refractivity contribution is -0.141. The molecule has 2 saturated heterocycles. The molecule has 0 saturated carbocycles. The van der Waals surface area contributed by atoms with Crippen molar-refractivity contribution in [1.82, 2.24) is 9.80 Å². The minimum absolute atomic E-state index is 0.131. The number of hydrogen-bond donors (Lipinski definition) is 2. The van der Waals surface area contributed by atoms with Crippen molar-refractivity contribution in [2.75, 3.05) is 19.6 Å². The van der Waals surface area contributed by atoms with Gasteiger partial charge in [-0.15, -0.1) is 0 Å². The predicted octanol–water partition coefficient (Wildman–Crippen LogP) is 0.502. The van der Waals surface area contributed by atoms with E-state index in [4.69, 9.17) is 5.11 Å². The number of rotatable bonds is 1. The Balaban J connectivity index is 2.04. The van der Waals surface area contributed by atoms with Gasteiger partial charge in [0.1, 0.15) is 6.04 Å². The van der Waals surface area contributed by atoms with E-state index in [9.17, 15) is 14.7 Å². The molecule has 2 aliphatic rings. The molecule has 0 bridgehead atoms. The van der Waals surface area contributed by atoms with E-state index in [1.54, 1.807) is 4.90 Å². The molecule has 0 aliphatic carbocycles. The molecule has 2 fully saturated rings. The highest BCUT2D eigenvalue weighted by atomic mass is 16.4. The maximum Gasteiger partial charge on any atom is 0.326 e. The van der Waals surface area contributed by atoms with E-state index in [0.29, 0.717) is 13.1 Å². The topological polar surface area (TPSA) is 81.1 Å². The molecule has 6 nitrogen and oxygen atoms in total. The highest BCUT2D eigenvalue weighted by molar-refractivity contribution is 5.83. The molecule has 2 rings (SSSR count). The lowest BCUT2D eigenvalue weighted by Gasteiger charge is -2.29. The van der Waals surface area contributed by atoms with Crippen LogP contribution in [0.3, 0.4) is 0 Å². The number of urea groups is 1. The molecule has 18 heavy (non-hydrogen) atoms. The predicted molar refractivity (Wildman–Crippen MR) is 64.2 cm³/mol. The van der Waals surface area contributed by atoms with Crippen LogP contribution in [0.15, 0.2) is 0 Å². The van der Waals surface area contributed by atoms with Gasteiger partial charge in [-0.05, 0) is 12.8 Å². The number of amides is 2. The number of aliphatic hydroxyl groups is 1. The van der Waals surface area contributed by atoms with Gasteiger partial charge in [-0.1, -0.05) is 12.8 Å². The number of aliphatic carboxylic acids is 1. The Bertz CT molecular complexity index is 326. The van der Waals surface area contributed by atoms with Crippen LogP contribution in [0.1, 0.15) is 32.1 Å². The molecule has 0 aromatic carbocycles. The first-order valence-corrected chi connectivity index (χ1v) is 6.56. The zero-order valence-electron chi connectivity index (χ0n) is 10.4. The Kier molecular flexibility index (Phi) is 4.06. The van der Waals surface area contributed by atoms with E-state index >= 15 is 0 Å². The van der Waals surface area contributed by atoms with Gasteiger partial charge in [-0.2, -0.15) is 0 Å². The highest BCUT2D eigenvalue weighted by Crippen LogP contribution is 2.21. The molecule has 2 heterocycles. The number of carbonyl (C=O) groups excluding carboxylic acids is 1. The van der Waals surface area contributed by atoms with Crippen LogP contribution in [0.2, 0.25) is 0 Å². The molecular formula is C12H20N2O4. The molecule has 2 atom stereocenters. The smallest absolute Gasteiger partial charge is 0.326 e. The van der Waals surface area contributed by atoms with E-state index in [-0.39, 0.29) is 19.0 Å². The quantitative estimate of drug-likeness (QED) is 0.716. The number of likely N-dealkylation sites (tertiary alicyclic amines) is 2. The standard InChI is InChI=1S/C12H20N2O4/c15-9-7-10(11(16)17)14(8-9)12(18)13-5-3-1-2-4-6-13/h9-10,15H,1-8H2,(H,16,17)/t9-,10-/m0/s1. The Morgan fingerprint density at radius 1 is 1.06 bits per heavy atom. The van der Waals surface area contributed by atoms with Gasteiger partial charge in [0.2, 0.25) is 0 Å². The fourth-order valence-corrected chi connectivity index (χ4v) is 2.70. The molecule has 0 spiro atoms. The van der Waals surface area contributed by atoms with Crippen LogP contribution in [0.4, 0.5) is 4.79 Å². The fourth-order valence-electron chi connectivity index (χ4n) is 2.70. The number of carboxylic acids is 1. The van der Waals surface area contributed by atoms with Crippen molar-refractivity contribution >= 4 is 12.0 Å². The van der Waals surface area contributed by atoms with Crippen LogP contribution in [0.5, 0.6) is 0 Å². The van der Waals surface area contributed by atoms with Gasteiger partial charge in [0.05, 0.1) is 6.10 Å². The second kappa shape index (κ2) is 5.56. The van der Waals surface area contributed by atoms with E-state index in [2.05, 4.69) is 0 Å². The normalized spacial score (nSPS) is 29.2. The molecule has 6 heteroatoms. The summed E-state index contributed by atoms with van der Waals surface area (Å²) in [6, 6.07) is -1.11. The molecule has 0 aromatic rings. The first-order valence-electron chi connectivity index (χ1n) is 6.56. The molecule has 2 amide bonds. The molecule has 0 aromatic heterocycles. The largest absolute Gasteiger partial charge is 0.480 e. The number of nitrogens with zero attached hydrogens (tertiary/aromatic N) is 2. The molecule has 0 radical (unpaired) electrons. The zero-order valence-corrected chi connectivity index (χ0v) is 10.4. The molecule has 2 N–H and O–H groups in total. The molecule has 0 unspecified atom stereocenters. The van der Waals surface area contributed by atoms with Crippen LogP contribution in [-0.4, -0.2) is 63.8 Å². The van der Waals surface area contributed by atoms with Crippen LogP contribution in [-0.2, 0) is 4.79 Å². The lowest BCUT2D eigenvalue weighted by atomic mass is 10.2. The summed E-state index contributed by atoms with van der Waals surface area (Å²) in [6.45, 7) is 1.52. The zero-order chi connectivity index (χ0) is 13.1. The van der Waals surface area contributed by atoms with Crippen LogP contribution >= 0.6 is 0 Å². The number of hydrogen-bond acceptors (Lipinski definition) is 3. The number of carboxylic acid groups (broad SMARTS) is 1. The molecular weight excluding hydrogens is 236 g/mol. The first kappa shape index (κ1) is 13.1. The average molecular weight is 256 g/mol.